The Labute approximate surface area is 136 Å². The number of hydrogen-bond donors (Lipinski definition) is 0. The third kappa shape index (κ3) is 4.20. The minimum atomic E-state index is 0.617. The van der Waals surface area contributed by atoms with Gasteiger partial charge in [-0.05, 0) is 70.6 Å². The highest BCUT2D eigenvalue weighted by Gasteiger charge is 2.25. The summed E-state index contributed by atoms with van der Waals surface area (Å²) in [6, 6.07) is 6.68. The van der Waals surface area contributed by atoms with E-state index in [2.05, 4.69) is 52.8 Å². The van der Waals surface area contributed by atoms with E-state index in [4.69, 9.17) is 11.6 Å². The van der Waals surface area contributed by atoms with E-state index in [9.17, 15) is 0 Å². The zero-order valence-corrected chi connectivity index (χ0v) is 14.9. The lowest BCUT2D eigenvalue weighted by Crippen LogP contribution is -2.41. The fourth-order valence-corrected chi connectivity index (χ4v) is 3.74. The fourth-order valence-electron chi connectivity index (χ4n) is 2.93. The van der Waals surface area contributed by atoms with Crippen molar-refractivity contribution in [3.05, 3.63) is 33.3 Å². The first-order chi connectivity index (χ1) is 9.47. The number of benzene rings is 1. The van der Waals surface area contributed by atoms with Crippen LogP contribution in [0.3, 0.4) is 0 Å². The van der Waals surface area contributed by atoms with Crippen LogP contribution in [-0.2, 0) is 6.54 Å². The predicted molar refractivity (Wildman–Crippen MR) is 90.3 cm³/mol. The second-order valence-corrected chi connectivity index (χ2v) is 7.32. The van der Waals surface area contributed by atoms with Gasteiger partial charge in [-0.1, -0.05) is 33.6 Å². The molecule has 0 unspecified atom stereocenters. The fraction of sp³-hybridized carbons (Fsp3) is 0.625. The quantitative estimate of drug-likeness (QED) is 0.792. The molecule has 0 N–H and O–H groups in total. The molecule has 4 heteroatoms. The van der Waals surface area contributed by atoms with Crippen LogP contribution in [0.2, 0.25) is 5.02 Å². The highest BCUT2D eigenvalue weighted by atomic mass is 79.9. The van der Waals surface area contributed by atoms with Crippen LogP contribution in [0.15, 0.2) is 22.7 Å². The largest absolute Gasteiger partial charge is 0.306 e. The van der Waals surface area contributed by atoms with E-state index in [1.54, 1.807) is 0 Å². The average molecular weight is 360 g/mol. The number of halogens is 2. The van der Waals surface area contributed by atoms with E-state index in [0.29, 0.717) is 6.04 Å². The Balaban J connectivity index is 1.95. The van der Waals surface area contributed by atoms with E-state index < -0.39 is 0 Å². The van der Waals surface area contributed by atoms with Crippen LogP contribution in [0.1, 0.15) is 25.3 Å². The Morgan fingerprint density at radius 1 is 1.40 bits per heavy atom. The smallest absolute Gasteiger partial charge is 0.0417 e. The summed E-state index contributed by atoms with van der Waals surface area (Å²) in [5.41, 5.74) is 1.30. The summed E-state index contributed by atoms with van der Waals surface area (Å²) in [5.74, 6) is 0.808. The third-order valence-electron chi connectivity index (χ3n) is 4.58. The van der Waals surface area contributed by atoms with Crippen LogP contribution in [0.5, 0.6) is 0 Å². The van der Waals surface area contributed by atoms with Gasteiger partial charge in [-0.15, -0.1) is 0 Å². The Morgan fingerprint density at radius 3 is 2.65 bits per heavy atom. The lowest BCUT2D eigenvalue weighted by Gasteiger charge is -2.37. The molecule has 112 valence electrons. The Kier molecular flexibility index (Phi) is 5.91. The van der Waals surface area contributed by atoms with E-state index in [1.165, 1.54) is 31.5 Å². The molecule has 1 aliphatic rings. The summed E-state index contributed by atoms with van der Waals surface area (Å²) in [7, 11) is 4.44. The van der Waals surface area contributed by atoms with Crippen LogP contribution in [0, 0.1) is 5.92 Å². The molecule has 1 heterocycles. The molecule has 1 fully saturated rings. The number of nitrogens with zero attached hydrogens (tertiary/aromatic N) is 2. The van der Waals surface area contributed by atoms with Gasteiger partial charge in [-0.2, -0.15) is 0 Å². The maximum atomic E-state index is 6.00. The van der Waals surface area contributed by atoms with Crippen molar-refractivity contribution in [2.24, 2.45) is 5.92 Å². The van der Waals surface area contributed by atoms with Gasteiger partial charge < -0.3 is 4.90 Å². The first-order valence-electron chi connectivity index (χ1n) is 7.30. The second kappa shape index (κ2) is 7.26. The molecule has 0 aliphatic carbocycles. The molecule has 1 atom stereocenters. The van der Waals surface area contributed by atoms with Crippen molar-refractivity contribution in [1.29, 1.82) is 0 Å². The molecule has 1 aromatic rings. The third-order valence-corrected chi connectivity index (χ3v) is 5.55. The highest BCUT2D eigenvalue weighted by Crippen LogP contribution is 2.26. The lowest BCUT2D eigenvalue weighted by atomic mass is 9.89. The first kappa shape index (κ1) is 16.3. The Bertz CT molecular complexity index is 444. The maximum Gasteiger partial charge on any atom is 0.0417 e. The Morgan fingerprint density at radius 2 is 2.05 bits per heavy atom. The molecule has 0 bridgehead atoms. The molecule has 0 aromatic heterocycles. The van der Waals surface area contributed by atoms with Crippen molar-refractivity contribution in [2.75, 3.05) is 27.2 Å². The number of piperidine rings is 1. The van der Waals surface area contributed by atoms with E-state index in [-0.39, 0.29) is 0 Å². The van der Waals surface area contributed by atoms with E-state index in [0.717, 1.165) is 22.0 Å². The molecule has 1 saturated heterocycles. The molecule has 1 aromatic carbocycles. The van der Waals surface area contributed by atoms with Crippen molar-refractivity contribution in [3.8, 4) is 0 Å². The first-order valence-corrected chi connectivity index (χ1v) is 8.47. The van der Waals surface area contributed by atoms with E-state index in [1.807, 2.05) is 12.1 Å². The average Bonchev–Trinajstić information content (AvgIpc) is 2.42. The summed E-state index contributed by atoms with van der Waals surface area (Å²) in [4.78, 5) is 4.89. The van der Waals surface area contributed by atoms with Crippen molar-refractivity contribution >= 4 is 27.5 Å². The second-order valence-electron chi connectivity index (χ2n) is 6.03. The summed E-state index contributed by atoms with van der Waals surface area (Å²) >= 11 is 9.61. The van der Waals surface area contributed by atoms with Crippen LogP contribution in [-0.4, -0.2) is 43.0 Å². The van der Waals surface area contributed by atoms with Crippen LogP contribution in [0.4, 0.5) is 0 Å². The Hall–Kier alpha value is -0.0900. The highest BCUT2D eigenvalue weighted by molar-refractivity contribution is 9.10. The van der Waals surface area contributed by atoms with Crippen LogP contribution < -0.4 is 0 Å². The van der Waals surface area contributed by atoms with Gasteiger partial charge in [0.05, 0.1) is 0 Å². The predicted octanol–water partition coefficient (Wildman–Crippen LogP) is 4.26. The maximum absolute atomic E-state index is 6.00. The van der Waals surface area contributed by atoms with Crippen LogP contribution >= 0.6 is 27.5 Å². The molecular formula is C16H24BrClN2. The molecule has 20 heavy (non-hydrogen) atoms. The van der Waals surface area contributed by atoms with Crippen molar-refractivity contribution in [1.82, 2.24) is 9.80 Å². The zero-order valence-electron chi connectivity index (χ0n) is 12.6. The van der Waals surface area contributed by atoms with Gasteiger partial charge in [0.15, 0.2) is 0 Å². The van der Waals surface area contributed by atoms with Crippen molar-refractivity contribution < 1.29 is 0 Å². The molecule has 1 aliphatic heterocycles. The van der Waals surface area contributed by atoms with E-state index >= 15 is 0 Å². The monoisotopic (exact) mass is 358 g/mol. The molecule has 0 saturated carbocycles. The topological polar surface area (TPSA) is 6.48 Å². The SMILES string of the molecule is C[C@H](C1CCN(C)CC1)N(C)Cc1ccc(Cl)cc1Br. The van der Waals surface area contributed by atoms with Gasteiger partial charge in [-0.25, -0.2) is 0 Å². The van der Waals surface area contributed by atoms with Crippen molar-refractivity contribution in [2.45, 2.75) is 32.4 Å². The minimum Gasteiger partial charge on any atom is -0.306 e. The number of rotatable bonds is 4. The van der Waals surface area contributed by atoms with Gasteiger partial charge in [-0.3, -0.25) is 4.90 Å². The van der Waals surface area contributed by atoms with Gasteiger partial charge >= 0.3 is 0 Å². The summed E-state index contributed by atoms with van der Waals surface area (Å²) in [5, 5.41) is 0.784. The van der Waals surface area contributed by atoms with Gasteiger partial charge in [0.25, 0.3) is 0 Å². The molecule has 0 spiro atoms. The van der Waals surface area contributed by atoms with Gasteiger partial charge in [0, 0.05) is 22.1 Å². The van der Waals surface area contributed by atoms with Gasteiger partial charge in [0.1, 0.15) is 0 Å². The standard InChI is InChI=1S/C16H24BrClN2/c1-12(13-6-8-19(2)9-7-13)20(3)11-14-4-5-15(18)10-16(14)17/h4-5,10,12-13H,6-9,11H2,1-3H3/t12-/m1/s1. The van der Waals surface area contributed by atoms with Crippen LogP contribution in [0.25, 0.3) is 0 Å². The molecule has 2 nitrogen and oxygen atoms in total. The van der Waals surface area contributed by atoms with Crippen molar-refractivity contribution in [3.63, 3.8) is 0 Å². The zero-order chi connectivity index (χ0) is 14.7. The molecule has 0 radical (unpaired) electrons. The summed E-state index contributed by atoms with van der Waals surface area (Å²) in [6.07, 6.45) is 2.62. The molecule has 2 rings (SSSR count). The number of hydrogen-bond acceptors (Lipinski definition) is 2. The van der Waals surface area contributed by atoms with Gasteiger partial charge in [0.2, 0.25) is 0 Å². The molecule has 0 amide bonds. The summed E-state index contributed by atoms with van der Waals surface area (Å²) in [6.45, 7) is 5.78. The number of likely N-dealkylation sites (tertiary alicyclic amines) is 1. The minimum absolute atomic E-state index is 0.617. The summed E-state index contributed by atoms with van der Waals surface area (Å²) < 4.78 is 1.10. The lowest BCUT2D eigenvalue weighted by molar-refractivity contribution is 0.120. The molecular weight excluding hydrogens is 336 g/mol. The normalized spacial score (nSPS) is 19.5.